The van der Waals surface area contributed by atoms with E-state index in [0.717, 1.165) is 25.9 Å². The lowest BCUT2D eigenvalue weighted by Gasteiger charge is -2.22. The van der Waals surface area contributed by atoms with Crippen LogP contribution in [0.2, 0.25) is 0 Å². The first-order chi connectivity index (χ1) is 6.74. The molecule has 14 heavy (non-hydrogen) atoms. The lowest BCUT2D eigenvalue weighted by atomic mass is 9.88. The van der Waals surface area contributed by atoms with E-state index >= 15 is 0 Å². The maximum absolute atomic E-state index is 11.8. The van der Waals surface area contributed by atoms with Crippen LogP contribution in [0.5, 0.6) is 0 Å². The summed E-state index contributed by atoms with van der Waals surface area (Å²) in [5.74, 6) is 1.37. The van der Waals surface area contributed by atoms with Gasteiger partial charge in [-0.15, -0.1) is 0 Å². The minimum Gasteiger partial charge on any atom is -0.316 e. The van der Waals surface area contributed by atoms with Crippen molar-refractivity contribution in [3.05, 3.63) is 0 Å². The highest BCUT2D eigenvalue weighted by molar-refractivity contribution is 5.81. The Hall–Kier alpha value is -0.370. The highest BCUT2D eigenvalue weighted by Gasteiger charge is 2.21. The van der Waals surface area contributed by atoms with Crippen LogP contribution in [0.4, 0.5) is 0 Å². The van der Waals surface area contributed by atoms with Gasteiger partial charge >= 0.3 is 0 Å². The lowest BCUT2D eigenvalue weighted by Crippen LogP contribution is -2.34. The summed E-state index contributed by atoms with van der Waals surface area (Å²) in [5.41, 5.74) is 0. The minimum atomic E-state index is 0.308. The van der Waals surface area contributed by atoms with Gasteiger partial charge in [0.2, 0.25) is 0 Å². The predicted octanol–water partition coefficient (Wildman–Crippen LogP) is 2.38. The molecule has 0 spiro atoms. The molecule has 2 atom stereocenters. The summed E-state index contributed by atoms with van der Waals surface area (Å²) >= 11 is 0. The van der Waals surface area contributed by atoms with Crippen molar-refractivity contribution in [1.82, 2.24) is 5.32 Å². The Labute approximate surface area is 87.5 Å². The zero-order chi connectivity index (χ0) is 10.4. The van der Waals surface area contributed by atoms with Crippen LogP contribution in [0.15, 0.2) is 0 Å². The van der Waals surface area contributed by atoms with E-state index in [1.807, 2.05) is 0 Å². The molecule has 0 aromatic carbocycles. The molecule has 0 aromatic rings. The third-order valence-electron chi connectivity index (χ3n) is 3.08. The van der Waals surface area contributed by atoms with Gasteiger partial charge in [-0.2, -0.15) is 0 Å². The van der Waals surface area contributed by atoms with Crippen LogP contribution in [0.25, 0.3) is 0 Å². The molecule has 2 unspecified atom stereocenters. The summed E-state index contributed by atoms with van der Waals surface area (Å²) in [5, 5.41) is 3.30. The fourth-order valence-electron chi connectivity index (χ4n) is 2.23. The number of hydrogen-bond donors (Lipinski definition) is 1. The maximum Gasteiger partial charge on any atom is 0.137 e. The smallest absolute Gasteiger partial charge is 0.137 e. The first kappa shape index (κ1) is 11.7. The number of hydrogen-bond acceptors (Lipinski definition) is 2. The molecular formula is C12H23NO. The Morgan fingerprint density at radius 3 is 2.93 bits per heavy atom. The zero-order valence-corrected chi connectivity index (χ0v) is 9.51. The Morgan fingerprint density at radius 1 is 1.57 bits per heavy atom. The van der Waals surface area contributed by atoms with Gasteiger partial charge in [0.15, 0.2) is 0 Å². The zero-order valence-electron chi connectivity index (χ0n) is 9.51. The van der Waals surface area contributed by atoms with Crippen LogP contribution in [0, 0.1) is 11.8 Å². The molecule has 1 aliphatic rings. The number of Topliss-reactive ketones (excluding diaryl/α,β-unsaturated/α-hetero) is 1. The van der Waals surface area contributed by atoms with Gasteiger partial charge in [0.1, 0.15) is 5.78 Å². The fraction of sp³-hybridized carbons (Fsp3) is 0.917. The Morgan fingerprint density at radius 2 is 2.36 bits per heavy atom. The highest BCUT2D eigenvalue weighted by atomic mass is 16.1. The second-order valence-corrected chi connectivity index (χ2v) is 4.61. The van der Waals surface area contributed by atoms with Crippen molar-refractivity contribution in [2.75, 3.05) is 13.1 Å². The minimum absolute atomic E-state index is 0.308. The molecule has 2 heteroatoms. The monoisotopic (exact) mass is 197 g/mol. The van der Waals surface area contributed by atoms with Crippen LogP contribution in [0.3, 0.4) is 0 Å². The largest absolute Gasteiger partial charge is 0.316 e. The van der Waals surface area contributed by atoms with Crippen molar-refractivity contribution in [2.45, 2.75) is 46.0 Å². The van der Waals surface area contributed by atoms with E-state index in [9.17, 15) is 4.79 Å². The molecule has 82 valence electrons. The highest BCUT2D eigenvalue weighted by Crippen LogP contribution is 2.18. The third-order valence-corrected chi connectivity index (χ3v) is 3.08. The second-order valence-electron chi connectivity index (χ2n) is 4.61. The van der Waals surface area contributed by atoms with Crippen molar-refractivity contribution < 1.29 is 4.79 Å². The molecule has 1 heterocycles. The average Bonchev–Trinajstić information content (AvgIpc) is 2.19. The summed E-state index contributed by atoms with van der Waals surface area (Å²) in [7, 11) is 0. The van der Waals surface area contributed by atoms with Gasteiger partial charge in [0.25, 0.3) is 0 Å². The van der Waals surface area contributed by atoms with Gasteiger partial charge in [-0.1, -0.05) is 26.7 Å². The predicted molar refractivity (Wildman–Crippen MR) is 59.3 cm³/mol. The molecule has 1 fully saturated rings. The van der Waals surface area contributed by atoms with E-state index in [0.29, 0.717) is 17.6 Å². The number of nitrogens with one attached hydrogen (secondary N) is 1. The molecule has 1 saturated heterocycles. The molecule has 0 saturated carbocycles. The SMILES string of the molecule is CCCC(C)CC(=O)C1CCCNC1. The fourth-order valence-corrected chi connectivity index (χ4v) is 2.23. The summed E-state index contributed by atoms with van der Waals surface area (Å²) in [6, 6.07) is 0. The molecular weight excluding hydrogens is 174 g/mol. The van der Waals surface area contributed by atoms with Gasteiger partial charge in [-0.25, -0.2) is 0 Å². The standard InChI is InChI=1S/C12H23NO/c1-3-5-10(2)8-12(14)11-6-4-7-13-9-11/h10-11,13H,3-9H2,1-2H3. The third kappa shape index (κ3) is 3.79. The van der Waals surface area contributed by atoms with Gasteiger partial charge in [0, 0.05) is 18.9 Å². The first-order valence-electron chi connectivity index (χ1n) is 5.97. The first-order valence-corrected chi connectivity index (χ1v) is 5.97. The summed E-state index contributed by atoms with van der Waals surface area (Å²) in [4.78, 5) is 11.8. The molecule has 1 N–H and O–H groups in total. The molecule has 1 aliphatic heterocycles. The molecule has 0 bridgehead atoms. The summed E-state index contributed by atoms with van der Waals surface area (Å²) in [6.07, 6.45) is 5.44. The van der Waals surface area contributed by atoms with E-state index in [-0.39, 0.29) is 0 Å². The Kier molecular flexibility index (Phi) is 5.16. The van der Waals surface area contributed by atoms with Gasteiger partial charge in [0.05, 0.1) is 0 Å². The van der Waals surface area contributed by atoms with Gasteiger partial charge in [-0.3, -0.25) is 4.79 Å². The Balaban J connectivity index is 2.25. The van der Waals surface area contributed by atoms with Crippen molar-refractivity contribution in [2.24, 2.45) is 11.8 Å². The van der Waals surface area contributed by atoms with Crippen molar-refractivity contribution >= 4 is 5.78 Å². The Bertz CT molecular complexity index is 173. The molecule has 0 amide bonds. The molecule has 0 radical (unpaired) electrons. The number of piperidine rings is 1. The van der Waals surface area contributed by atoms with E-state index in [1.54, 1.807) is 0 Å². The number of carbonyl (C=O) groups is 1. The summed E-state index contributed by atoms with van der Waals surface area (Å²) < 4.78 is 0. The second kappa shape index (κ2) is 6.18. The lowest BCUT2D eigenvalue weighted by molar-refractivity contribution is -0.124. The van der Waals surface area contributed by atoms with E-state index in [2.05, 4.69) is 19.2 Å². The van der Waals surface area contributed by atoms with E-state index in [1.165, 1.54) is 19.3 Å². The van der Waals surface area contributed by atoms with E-state index in [4.69, 9.17) is 0 Å². The number of rotatable bonds is 5. The van der Waals surface area contributed by atoms with Crippen LogP contribution < -0.4 is 5.32 Å². The van der Waals surface area contributed by atoms with Crippen molar-refractivity contribution in [3.8, 4) is 0 Å². The quantitative estimate of drug-likeness (QED) is 0.733. The number of ketones is 1. The maximum atomic E-state index is 11.8. The van der Waals surface area contributed by atoms with Gasteiger partial charge in [-0.05, 0) is 25.3 Å². The topological polar surface area (TPSA) is 29.1 Å². The molecule has 0 aromatic heterocycles. The molecule has 1 rings (SSSR count). The normalized spacial score (nSPS) is 24.6. The van der Waals surface area contributed by atoms with Crippen molar-refractivity contribution in [3.63, 3.8) is 0 Å². The van der Waals surface area contributed by atoms with E-state index < -0.39 is 0 Å². The van der Waals surface area contributed by atoms with Crippen LogP contribution in [-0.4, -0.2) is 18.9 Å². The van der Waals surface area contributed by atoms with Crippen LogP contribution in [0.1, 0.15) is 46.0 Å². The van der Waals surface area contributed by atoms with Gasteiger partial charge < -0.3 is 5.32 Å². The molecule has 2 nitrogen and oxygen atoms in total. The number of carbonyl (C=O) groups excluding carboxylic acids is 1. The molecule has 0 aliphatic carbocycles. The van der Waals surface area contributed by atoms with Crippen molar-refractivity contribution in [1.29, 1.82) is 0 Å². The average molecular weight is 197 g/mol. The summed E-state index contributed by atoms with van der Waals surface area (Å²) in [6.45, 7) is 6.38. The van der Waals surface area contributed by atoms with Crippen LogP contribution >= 0.6 is 0 Å². The van der Waals surface area contributed by atoms with Crippen LogP contribution in [-0.2, 0) is 4.79 Å².